The molecule has 5 heteroatoms. The number of nitrogens with zero attached hydrogens (tertiary/aromatic N) is 1. The van der Waals surface area contributed by atoms with Gasteiger partial charge in [0.15, 0.2) is 0 Å². The number of nitrogens with one attached hydrogen (secondary N) is 1. The van der Waals surface area contributed by atoms with Gasteiger partial charge >= 0.3 is 0 Å². The van der Waals surface area contributed by atoms with Gasteiger partial charge in [0.2, 0.25) is 11.8 Å². The first kappa shape index (κ1) is 10.4. The Kier molecular flexibility index (Phi) is 2.38. The molecule has 0 aromatic rings. The molecular formula is C11H16N2O2S. The average Bonchev–Trinajstić information content (AvgIpc) is 2.60. The second-order valence-electron chi connectivity index (χ2n) is 5.07. The lowest BCUT2D eigenvalue weighted by atomic mass is 9.79. The summed E-state index contributed by atoms with van der Waals surface area (Å²) in [5, 5.41) is 1.63. The van der Waals surface area contributed by atoms with Crippen molar-refractivity contribution in [2.75, 3.05) is 11.5 Å². The maximum absolute atomic E-state index is 12.4. The Labute approximate surface area is 99.1 Å². The molecular weight excluding hydrogens is 224 g/mol. The number of rotatable bonds is 1. The Morgan fingerprint density at radius 1 is 1.25 bits per heavy atom. The highest BCUT2D eigenvalue weighted by atomic mass is 32.2. The van der Waals surface area contributed by atoms with Crippen LogP contribution in [0.2, 0.25) is 0 Å². The average molecular weight is 240 g/mol. The van der Waals surface area contributed by atoms with E-state index >= 15 is 0 Å². The molecule has 0 aromatic heterocycles. The topological polar surface area (TPSA) is 49.4 Å². The van der Waals surface area contributed by atoms with Gasteiger partial charge < -0.3 is 0 Å². The van der Waals surface area contributed by atoms with Crippen molar-refractivity contribution in [3.63, 3.8) is 0 Å². The van der Waals surface area contributed by atoms with Crippen molar-refractivity contribution in [3.05, 3.63) is 0 Å². The fourth-order valence-corrected chi connectivity index (χ4v) is 3.68. The van der Waals surface area contributed by atoms with Crippen LogP contribution in [-0.2, 0) is 9.59 Å². The number of hydrazine groups is 1. The Balaban J connectivity index is 1.84. The molecule has 3 aliphatic rings. The molecule has 1 aliphatic carbocycles. The van der Waals surface area contributed by atoms with E-state index in [1.165, 1.54) is 0 Å². The zero-order chi connectivity index (χ0) is 11.2. The van der Waals surface area contributed by atoms with Crippen LogP contribution in [0.3, 0.4) is 0 Å². The van der Waals surface area contributed by atoms with Gasteiger partial charge in [0.1, 0.15) is 0 Å². The fraction of sp³-hybridized carbons (Fsp3) is 0.818. The van der Waals surface area contributed by atoms with Crippen LogP contribution < -0.4 is 5.43 Å². The summed E-state index contributed by atoms with van der Waals surface area (Å²) in [6, 6.07) is 0.235. The van der Waals surface area contributed by atoms with Gasteiger partial charge in [-0.05, 0) is 12.8 Å². The number of carbonyl (C=O) groups is 2. The SMILES string of the molecule is O=C1CC2(CCCC2)C(=O)N(C2CSC2)N1. The van der Waals surface area contributed by atoms with Crippen LogP contribution in [0.4, 0.5) is 0 Å². The Morgan fingerprint density at radius 2 is 1.94 bits per heavy atom. The molecule has 1 N–H and O–H groups in total. The highest BCUT2D eigenvalue weighted by Gasteiger charge is 2.50. The van der Waals surface area contributed by atoms with Crippen molar-refractivity contribution >= 4 is 23.6 Å². The fourth-order valence-electron chi connectivity index (χ4n) is 2.93. The summed E-state index contributed by atoms with van der Waals surface area (Å²) >= 11 is 1.83. The van der Waals surface area contributed by atoms with Gasteiger partial charge in [-0.25, -0.2) is 5.01 Å². The minimum Gasteiger partial charge on any atom is -0.273 e. The third-order valence-corrected chi connectivity index (χ3v) is 5.20. The zero-order valence-corrected chi connectivity index (χ0v) is 10.0. The molecule has 2 amide bonds. The van der Waals surface area contributed by atoms with Gasteiger partial charge in [0.05, 0.1) is 11.5 Å². The highest BCUT2D eigenvalue weighted by Crippen LogP contribution is 2.45. The van der Waals surface area contributed by atoms with Crippen LogP contribution in [0.25, 0.3) is 0 Å². The molecule has 2 saturated heterocycles. The standard InChI is InChI=1S/C11H16N2O2S/c14-9-5-11(3-1-2-4-11)10(15)13(12-9)8-6-16-7-8/h8H,1-7H2,(H,12,14). The molecule has 4 nitrogen and oxygen atoms in total. The van der Waals surface area contributed by atoms with Crippen molar-refractivity contribution in [3.8, 4) is 0 Å². The molecule has 0 radical (unpaired) electrons. The van der Waals surface area contributed by atoms with Gasteiger partial charge in [0.25, 0.3) is 0 Å². The van der Waals surface area contributed by atoms with E-state index in [-0.39, 0.29) is 23.3 Å². The maximum Gasteiger partial charge on any atom is 0.248 e. The summed E-state index contributed by atoms with van der Waals surface area (Å²) in [7, 11) is 0. The monoisotopic (exact) mass is 240 g/mol. The molecule has 88 valence electrons. The lowest BCUT2D eigenvalue weighted by Gasteiger charge is -2.45. The number of amides is 2. The zero-order valence-electron chi connectivity index (χ0n) is 9.20. The van der Waals surface area contributed by atoms with E-state index in [9.17, 15) is 9.59 Å². The third kappa shape index (κ3) is 1.44. The van der Waals surface area contributed by atoms with Crippen LogP contribution in [0.15, 0.2) is 0 Å². The van der Waals surface area contributed by atoms with Crippen LogP contribution in [0.5, 0.6) is 0 Å². The summed E-state index contributed by atoms with van der Waals surface area (Å²) < 4.78 is 0. The van der Waals surface area contributed by atoms with Crippen molar-refractivity contribution in [1.29, 1.82) is 0 Å². The molecule has 0 bridgehead atoms. The van der Waals surface area contributed by atoms with Crippen LogP contribution >= 0.6 is 11.8 Å². The first-order chi connectivity index (χ1) is 7.71. The Morgan fingerprint density at radius 3 is 2.50 bits per heavy atom. The predicted molar refractivity (Wildman–Crippen MR) is 61.6 cm³/mol. The number of thioether (sulfide) groups is 1. The van der Waals surface area contributed by atoms with E-state index < -0.39 is 0 Å². The number of hydrogen-bond donors (Lipinski definition) is 1. The number of hydrogen-bond acceptors (Lipinski definition) is 3. The van der Waals surface area contributed by atoms with Crippen LogP contribution in [0.1, 0.15) is 32.1 Å². The van der Waals surface area contributed by atoms with Crippen LogP contribution in [0, 0.1) is 5.41 Å². The van der Waals surface area contributed by atoms with Crippen molar-refractivity contribution in [1.82, 2.24) is 10.4 Å². The summed E-state index contributed by atoms with van der Waals surface area (Å²) in [5.74, 6) is 2.12. The Hall–Kier alpha value is -0.710. The van der Waals surface area contributed by atoms with E-state index in [1.54, 1.807) is 5.01 Å². The molecule has 3 rings (SSSR count). The van der Waals surface area contributed by atoms with Crippen molar-refractivity contribution in [2.24, 2.45) is 5.41 Å². The molecule has 2 heterocycles. The molecule has 1 spiro atoms. The molecule has 0 aromatic carbocycles. The van der Waals surface area contributed by atoms with Crippen molar-refractivity contribution < 1.29 is 9.59 Å². The van der Waals surface area contributed by atoms with E-state index in [1.807, 2.05) is 11.8 Å². The largest absolute Gasteiger partial charge is 0.273 e. The minimum absolute atomic E-state index is 0.0263. The second-order valence-corrected chi connectivity index (χ2v) is 6.14. The summed E-state index contributed by atoms with van der Waals surface area (Å²) in [6.07, 6.45) is 4.38. The minimum atomic E-state index is -0.345. The van der Waals surface area contributed by atoms with Crippen LogP contribution in [-0.4, -0.2) is 34.4 Å². The third-order valence-electron chi connectivity index (χ3n) is 3.96. The van der Waals surface area contributed by atoms with E-state index in [2.05, 4.69) is 5.43 Å². The van der Waals surface area contributed by atoms with Gasteiger partial charge in [-0.3, -0.25) is 15.0 Å². The second kappa shape index (κ2) is 3.65. The van der Waals surface area contributed by atoms with E-state index in [0.29, 0.717) is 6.42 Å². The van der Waals surface area contributed by atoms with E-state index in [4.69, 9.17) is 0 Å². The van der Waals surface area contributed by atoms with Gasteiger partial charge in [0, 0.05) is 17.9 Å². The maximum atomic E-state index is 12.4. The smallest absolute Gasteiger partial charge is 0.248 e. The number of carbonyl (C=O) groups excluding carboxylic acids is 2. The lowest BCUT2D eigenvalue weighted by molar-refractivity contribution is -0.161. The van der Waals surface area contributed by atoms with Crippen molar-refractivity contribution in [2.45, 2.75) is 38.1 Å². The van der Waals surface area contributed by atoms with Gasteiger partial charge in [-0.15, -0.1) is 0 Å². The molecule has 3 fully saturated rings. The summed E-state index contributed by atoms with van der Waals surface area (Å²) in [5.41, 5.74) is 2.41. The first-order valence-corrected chi connectivity index (χ1v) is 7.08. The highest BCUT2D eigenvalue weighted by molar-refractivity contribution is 8.00. The molecule has 1 saturated carbocycles. The molecule has 0 unspecified atom stereocenters. The predicted octanol–water partition coefficient (Wildman–Crippen LogP) is 0.926. The Bertz CT molecular complexity index is 335. The lowest BCUT2D eigenvalue weighted by Crippen LogP contribution is -2.64. The van der Waals surface area contributed by atoms with Gasteiger partial charge in [-0.2, -0.15) is 11.8 Å². The summed E-state index contributed by atoms with van der Waals surface area (Å²) in [4.78, 5) is 24.1. The quantitative estimate of drug-likeness (QED) is 0.741. The summed E-state index contributed by atoms with van der Waals surface area (Å²) in [6.45, 7) is 0. The van der Waals surface area contributed by atoms with Gasteiger partial charge in [-0.1, -0.05) is 12.8 Å². The molecule has 16 heavy (non-hydrogen) atoms. The normalized spacial score (nSPS) is 29.4. The first-order valence-electron chi connectivity index (χ1n) is 5.92. The molecule has 2 aliphatic heterocycles. The molecule has 0 atom stereocenters. The van der Waals surface area contributed by atoms with E-state index in [0.717, 1.165) is 37.2 Å².